The van der Waals surface area contributed by atoms with E-state index in [0.29, 0.717) is 6.04 Å². The van der Waals surface area contributed by atoms with Crippen LogP contribution in [0.3, 0.4) is 0 Å². The van der Waals surface area contributed by atoms with Gasteiger partial charge in [-0.3, -0.25) is 4.40 Å². The average molecular weight is 281 g/mol. The maximum Gasteiger partial charge on any atom is 0.237 e. The molecule has 0 aliphatic rings. The van der Waals surface area contributed by atoms with Gasteiger partial charge in [0.1, 0.15) is 5.69 Å². The number of aromatic nitrogens is 2. The highest BCUT2D eigenvalue weighted by molar-refractivity contribution is 7.15. The van der Waals surface area contributed by atoms with Crippen LogP contribution in [0.1, 0.15) is 39.3 Å². The Bertz CT molecular complexity index is 518. The van der Waals surface area contributed by atoms with E-state index < -0.39 is 0 Å². The molecular formula is C14H23N3OS. The Morgan fingerprint density at radius 2 is 2.16 bits per heavy atom. The minimum Gasteiger partial charge on any atom is -0.480 e. The second kappa shape index (κ2) is 6.39. The summed E-state index contributed by atoms with van der Waals surface area (Å²) >= 11 is 1.63. The third-order valence-electron chi connectivity index (χ3n) is 3.31. The number of hydrogen-bond donors (Lipinski definition) is 1. The highest BCUT2D eigenvalue weighted by Gasteiger charge is 2.14. The molecule has 0 amide bonds. The molecular weight excluding hydrogens is 258 g/mol. The molecule has 106 valence electrons. The SMILES string of the molecule is COc1nc2sccn2c1CNC(C)CCC(C)C. The molecule has 4 nitrogen and oxygen atoms in total. The summed E-state index contributed by atoms with van der Waals surface area (Å²) in [6.45, 7) is 7.56. The van der Waals surface area contributed by atoms with Crippen LogP contribution in [0.15, 0.2) is 11.6 Å². The van der Waals surface area contributed by atoms with Crippen molar-refractivity contribution in [1.82, 2.24) is 14.7 Å². The highest BCUT2D eigenvalue weighted by Crippen LogP contribution is 2.23. The Kier molecular flexibility index (Phi) is 4.82. The first-order chi connectivity index (χ1) is 9.11. The predicted octanol–water partition coefficient (Wildman–Crippen LogP) is 3.32. The molecule has 0 aliphatic carbocycles. The molecule has 2 aromatic rings. The van der Waals surface area contributed by atoms with Crippen LogP contribution < -0.4 is 10.1 Å². The fourth-order valence-electron chi connectivity index (χ4n) is 2.09. The summed E-state index contributed by atoms with van der Waals surface area (Å²) < 4.78 is 7.46. The number of nitrogens with zero attached hydrogens (tertiary/aromatic N) is 2. The van der Waals surface area contributed by atoms with Crippen LogP contribution >= 0.6 is 11.3 Å². The van der Waals surface area contributed by atoms with E-state index in [1.807, 2.05) is 11.6 Å². The van der Waals surface area contributed by atoms with Crippen molar-refractivity contribution in [3.8, 4) is 5.88 Å². The van der Waals surface area contributed by atoms with Gasteiger partial charge in [0.2, 0.25) is 5.88 Å². The van der Waals surface area contributed by atoms with E-state index in [0.717, 1.165) is 29.0 Å². The van der Waals surface area contributed by atoms with Gasteiger partial charge in [-0.2, -0.15) is 4.98 Å². The van der Waals surface area contributed by atoms with E-state index in [4.69, 9.17) is 4.74 Å². The van der Waals surface area contributed by atoms with Crippen molar-refractivity contribution in [3.63, 3.8) is 0 Å². The molecule has 0 aliphatic heterocycles. The molecule has 0 spiro atoms. The van der Waals surface area contributed by atoms with Gasteiger partial charge >= 0.3 is 0 Å². The number of methoxy groups -OCH3 is 1. The lowest BCUT2D eigenvalue weighted by Gasteiger charge is -2.15. The lowest BCUT2D eigenvalue weighted by atomic mass is 10.0. The lowest BCUT2D eigenvalue weighted by molar-refractivity contribution is 0.388. The zero-order chi connectivity index (χ0) is 13.8. The first kappa shape index (κ1) is 14.3. The largest absolute Gasteiger partial charge is 0.480 e. The first-order valence-corrected chi connectivity index (χ1v) is 7.71. The third-order valence-corrected chi connectivity index (χ3v) is 4.07. The molecule has 1 unspecified atom stereocenters. The summed E-state index contributed by atoms with van der Waals surface area (Å²) in [5, 5.41) is 5.61. The number of hydrogen-bond acceptors (Lipinski definition) is 4. The van der Waals surface area contributed by atoms with Crippen LogP contribution in [0.2, 0.25) is 0 Å². The van der Waals surface area contributed by atoms with Crippen molar-refractivity contribution >= 4 is 16.3 Å². The van der Waals surface area contributed by atoms with Gasteiger partial charge in [0.25, 0.3) is 0 Å². The van der Waals surface area contributed by atoms with Crippen LogP contribution in [0.25, 0.3) is 4.96 Å². The molecule has 2 heterocycles. The molecule has 0 aromatic carbocycles. The van der Waals surface area contributed by atoms with Gasteiger partial charge in [-0.1, -0.05) is 13.8 Å². The Labute approximate surface area is 118 Å². The summed E-state index contributed by atoms with van der Waals surface area (Å²) in [6.07, 6.45) is 4.50. The summed E-state index contributed by atoms with van der Waals surface area (Å²) in [5.41, 5.74) is 1.11. The van der Waals surface area contributed by atoms with Crippen molar-refractivity contribution < 1.29 is 4.74 Å². The van der Waals surface area contributed by atoms with E-state index in [2.05, 4.69) is 35.5 Å². The Morgan fingerprint density at radius 1 is 1.37 bits per heavy atom. The molecule has 2 rings (SSSR count). The quantitative estimate of drug-likeness (QED) is 0.846. The molecule has 1 N–H and O–H groups in total. The van der Waals surface area contributed by atoms with E-state index in [9.17, 15) is 0 Å². The lowest BCUT2D eigenvalue weighted by Crippen LogP contribution is -2.26. The van der Waals surface area contributed by atoms with E-state index in [1.54, 1.807) is 18.4 Å². The van der Waals surface area contributed by atoms with Gasteiger partial charge in [-0.15, -0.1) is 11.3 Å². The van der Waals surface area contributed by atoms with E-state index >= 15 is 0 Å². The van der Waals surface area contributed by atoms with Crippen LogP contribution in [0.4, 0.5) is 0 Å². The van der Waals surface area contributed by atoms with Gasteiger partial charge < -0.3 is 10.1 Å². The predicted molar refractivity (Wildman–Crippen MR) is 80.0 cm³/mol. The summed E-state index contributed by atoms with van der Waals surface area (Å²) in [5.74, 6) is 1.49. The smallest absolute Gasteiger partial charge is 0.237 e. The number of imidazole rings is 1. The number of rotatable bonds is 7. The molecule has 0 radical (unpaired) electrons. The average Bonchev–Trinajstić information content (AvgIpc) is 2.94. The van der Waals surface area contributed by atoms with Crippen LogP contribution in [-0.2, 0) is 6.54 Å². The van der Waals surface area contributed by atoms with Crippen molar-refractivity contribution in [2.75, 3.05) is 7.11 Å². The zero-order valence-electron chi connectivity index (χ0n) is 12.1. The number of thiazole rings is 1. The molecule has 0 fully saturated rings. The molecule has 5 heteroatoms. The first-order valence-electron chi connectivity index (χ1n) is 6.83. The number of fused-ring (bicyclic) bond motifs is 1. The zero-order valence-corrected chi connectivity index (χ0v) is 13.0. The topological polar surface area (TPSA) is 38.6 Å². The van der Waals surface area contributed by atoms with Crippen LogP contribution in [0.5, 0.6) is 5.88 Å². The van der Waals surface area contributed by atoms with Crippen molar-refractivity contribution in [3.05, 3.63) is 17.3 Å². The standard InChI is InChI=1S/C14H23N3OS/c1-10(2)5-6-11(3)15-9-12-13(18-4)16-14-17(12)7-8-19-14/h7-8,10-11,15H,5-6,9H2,1-4H3. The maximum atomic E-state index is 5.35. The molecule has 0 bridgehead atoms. The number of ether oxygens (including phenoxy) is 1. The second-order valence-corrected chi connectivity index (χ2v) is 6.25. The van der Waals surface area contributed by atoms with E-state index in [1.165, 1.54) is 12.8 Å². The van der Waals surface area contributed by atoms with Gasteiger partial charge in [-0.25, -0.2) is 0 Å². The summed E-state index contributed by atoms with van der Waals surface area (Å²) in [4.78, 5) is 5.45. The normalized spacial score (nSPS) is 13.3. The Hall–Kier alpha value is -1.07. The van der Waals surface area contributed by atoms with Gasteiger partial charge in [0, 0.05) is 24.2 Å². The highest BCUT2D eigenvalue weighted by atomic mass is 32.1. The third kappa shape index (κ3) is 3.48. The summed E-state index contributed by atoms with van der Waals surface area (Å²) in [6, 6.07) is 0.510. The minimum absolute atomic E-state index is 0.510. The molecule has 0 saturated carbocycles. The van der Waals surface area contributed by atoms with Gasteiger partial charge in [0.05, 0.1) is 7.11 Å². The van der Waals surface area contributed by atoms with Gasteiger partial charge in [-0.05, 0) is 25.7 Å². The maximum absolute atomic E-state index is 5.35. The molecule has 0 saturated heterocycles. The van der Waals surface area contributed by atoms with Crippen LogP contribution in [-0.4, -0.2) is 22.5 Å². The minimum atomic E-state index is 0.510. The number of nitrogens with one attached hydrogen (secondary N) is 1. The van der Waals surface area contributed by atoms with Crippen LogP contribution in [0, 0.1) is 5.92 Å². The summed E-state index contributed by atoms with van der Waals surface area (Å²) in [7, 11) is 1.68. The van der Waals surface area contributed by atoms with E-state index in [-0.39, 0.29) is 0 Å². The van der Waals surface area contributed by atoms with Crippen molar-refractivity contribution in [2.45, 2.75) is 46.2 Å². The van der Waals surface area contributed by atoms with Gasteiger partial charge in [0.15, 0.2) is 4.96 Å². The fourth-order valence-corrected chi connectivity index (χ4v) is 2.82. The Morgan fingerprint density at radius 3 is 2.84 bits per heavy atom. The second-order valence-electron chi connectivity index (χ2n) is 5.38. The molecule has 19 heavy (non-hydrogen) atoms. The molecule has 1 atom stereocenters. The molecule has 2 aromatic heterocycles. The van der Waals surface area contributed by atoms with Crippen molar-refractivity contribution in [1.29, 1.82) is 0 Å². The fraction of sp³-hybridized carbons (Fsp3) is 0.643. The van der Waals surface area contributed by atoms with Crippen molar-refractivity contribution in [2.24, 2.45) is 5.92 Å². The monoisotopic (exact) mass is 281 g/mol. The Balaban J connectivity index is 1.98.